The molecule has 1 saturated carbocycles. The minimum absolute atomic E-state index is 0.0688. The maximum absolute atomic E-state index is 13.5. The average Bonchev–Trinajstić information content (AvgIpc) is 3.50. The van der Waals surface area contributed by atoms with Crippen LogP contribution in [0.15, 0.2) is 18.6 Å². The van der Waals surface area contributed by atoms with Gasteiger partial charge in [-0.25, -0.2) is 4.98 Å². The second kappa shape index (κ2) is 11.1. The smallest absolute Gasteiger partial charge is 0.272 e. The van der Waals surface area contributed by atoms with Crippen molar-refractivity contribution in [2.45, 2.75) is 97.3 Å². The predicted octanol–water partition coefficient (Wildman–Crippen LogP) is 1.61. The van der Waals surface area contributed by atoms with Gasteiger partial charge in [-0.3, -0.25) is 24.2 Å². The number of rotatable bonds is 9. The van der Waals surface area contributed by atoms with E-state index in [1.54, 1.807) is 20.8 Å². The van der Waals surface area contributed by atoms with Crippen LogP contribution in [0.3, 0.4) is 0 Å². The van der Waals surface area contributed by atoms with Gasteiger partial charge in [0.1, 0.15) is 23.8 Å². The van der Waals surface area contributed by atoms with Gasteiger partial charge in [-0.1, -0.05) is 41.5 Å². The second-order valence-electron chi connectivity index (χ2n) is 12.8. The van der Waals surface area contributed by atoms with Crippen LogP contribution in [-0.2, 0) is 14.4 Å². The number of hydrogen-bond acceptors (Lipinski definition) is 7. The molecule has 1 aliphatic heterocycles. The molecule has 4 atom stereocenters. The lowest BCUT2D eigenvalue weighted by molar-refractivity contribution is -0.132. The minimum atomic E-state index is -0.976. The quantitative estimate of drug-likeness (QED) is 0.380. The SMILES string of the molecule is CC(C)(C)CC(NC(=O)C(NC(=O)c1cnccn1)C(C)(C)C)C(=O)NC(C#N)CC1CC2(CC2)NC1=O. The van der Waals surface area contributed by atoms with Crippen molar-refractivity contribution in [2.24, 2.45) is 16.7 Å². The van der Waals surface area contributed by atoms with Crippen LogP contribution in [0.1, 0.15) is 84.1 Å². The fraction of sp³-hybridized carbons (Fsp3) is 0.667. The summed E-state index contributed by atoms with van der Waals surface area (Å²) in [7, 11) is 0. The van der Waals surface area contributed by atoms with Gasteiger partial charge < -0.3 is 21.3 Å². The van der Waals surface area contributed by atoms with Crippen molar-refractivity contribution >= 4 is 23.6 Å². The van der Waals surface area contributed by atoms with Crippen molar-refractivity contribution in [3.63, 3.8) is 0 Å². The molecular weight excluding hydrogens is 486 g/mol. The van der Waals surface area contributed by atoms with Crippen molar-refractivity contribution in [1.29, 1.82) is 5.26 Å². The first kappa shape index (κ1) is 29.0. The molecule has 11 heteroatoms. The van der Waals surface area contributed by atoms with Crippen LogP contribution in [-0.4, -0.2) is 57.3 Å². The summed E-state index contributed by atoms with van der Waals surface area (Å²) in [5, 5.41) is 21.0. The topological polar surface area (TPSA) is 166 Å². The summed E-state index contributed by atoms with van der Waals surface area (Å²) in [5.74, 6) is -2.01. The summed E-state index contributed by atoms with van der Waals surface area (Å²) in [6, 6.07) is -0.709. The number of amides is 4. The van der Waals surface area contributed by atoms with Gasteiger partial charge in [-0.15, -0.1) is 0 Å². The summed E-state index contributed by atoms with van der Waals surface area (Å²) in [4.78, 5) is 59.8. The third kappa shape index (κ3) is 7.73. The Bertz CT molecular complexity index is 1100. The van der Waals surface area contributed by atoms with E-state index in [1.807, 2.05) is 20.8 Å². The van der Waals surface area contributed by atoms with E-state index in [9.17, 15) is 24.4 Å². The lowest BCUT2D eigenvalue weighted by Crippen LogP contribution is -2.59. The number of carbonyl (C=O) groups excluding carboxylic acids is 4. The van der Waals surface area contributed by atoms with Crippen molar-refractivity contribution in [3.05, 3.63) is 24.3 Å². The lowest BCUT2D eigenvalue weighted by Gasteiger charge is -2.33. The number of carbonyl (C=O) groups is 4. The summed E-state index contributed by atoms with van der Waals surface area (Å²) in [5.41, 5.74) is -1.07. The molecule has 0 radical (unpaired) electrons. The van der Waals surface area contributed by atoms with Gasteiger partial charge >= 0.3 is 0 Å². The van der Waals surface area contributed by atoms with Crippen LogP contribution >= 0.6 is 0 Å². The molecule has 1 spiro atoms. The van der Waals surface area contributed by atoms with Crippen molar-refractivity contribution in [3.8, 4) is 6.07 Å². The molecule has 4 amide bonds. The molecular formula is C27H39N7O4. The Balaban J connectivity index is 1.71. The number of nitrogens with one attached hydrogen (secondary N) is 4. The zero-order valence-corrected chi connectivity index (χ0v) is 23.1. The van der Waals surface area contributed by atoms with Crippen LogP contribution in [0.4, 0.5) is 0 Å². The Kier molecular flexibility index (Phi) is 8.44. The molecule has 1 saturated heterocycles. The van der Waals surface area contributed by atoms with Crippen molar-refractivity contribution in [1.82, 2.24) is 31.2 Å². The monoisotopic (exact) mass is 525 g/mol. The average molecular weight is 526 g/mol. The first-order valence-electron chi connectivity index (χ1n) is 13.0. The Morgan fingerprint density at radius 3 is 2.29 bits per heavy atom. The van der Waals surface area contributed by atoms with Gasteiger partial charge in [0.25, 0.3) is 5.91 Å². The van der Waals surface area contributed by atoms with E-state index in [2.05, 4.69) is 37.3 Å². The van der Waals surface area contributed by atoms with Gasteiger partial charge in [0.2, 0.25) is 17.7 Å². The molecule has 38 heavy (non-hydrogen) atoms. The Hall–Kier alpha value is -3.55. The number of nitrogens with zero attached hydrogens (tertiary/aromatic N) is 3. The van der Waals surface area contributed by atoms with E-state index in [4.69, 9.17) is 0 Å². The van der Waals surface area contributed by atoms with Gasteiger partial charge in [0, 0.05) is 23.9 Å². The van der Waals surface area contributed by atoms with Crippen LogP contribution in [0.2, 0.25) is 0 Å². The molecule has 1 aromatic heterocycles. The molecule has 1 aromatic rings. The summed E-state index contributed by atoms with van der Waals surface area (Å²) >= 11 is 0. The largest absolute Gasteiger partial charge is 0.350 e. The fourth-order valence-electron chi connectivity index (χ4n) is 4.72. The standard InChI is InChI=1S/C27H39N7O4/c1-25(2,3)13-18(22(36)31-17(14-28)11-16-12-27(7-8-27)34-21(16)35)32-24(38)20(26(4,5)6)33-23(37)19-15-29-9-10-30-19/h9-10,15-18,20H,7-8,11-13H2,1-6H3,(H,31,36)(H,32,38)(H,33,37)(H,34,35). The molecule has 4 unspecified atom stereocenters. The molecule has 1 aliphatic carbocycles. The first-order valence-corrected chi connectivity index (χ1v) is 13.0. The molecule has 2 heterocycles. The van der Waals surface area contributed by atoms with E-state index >= 15 is 0 Å². The van der Waals surface area contributed by atoms with Crippen LogP contribution in [0.25, 0.3) is 0 Å². The van der Waals surface area contributed by atoms with Gasteiger partial charge in [-0.05, 0) is 42.9 Å². The number of hydrogen-bond donors (Lipinski definition) is 4. The van der Waals surface area contributed by atoms with E-state index < -0.39 is 41.3 Å². The van der Waals surface area contributed by atoms with E-state index in [1.165, 1.54) is 18.6 Å². The fourth-order valence-corrected chi connectivity index (χ4v) is 4.72. The molecule has 0 aromatic carbocycles. The zero-order chi connectivity index (χ0) is 28.3. The second-order valence-corrected chi connectivity index (χ2v) is 12.8. The first-order chi connectivity index (χ1) is 17.6. The van der Waals surface area contributed by atoms with E-state index in [0.29, 0.717) is 12.8 Å². The normalized spacial score (nSPS) is 20.4. The summed E-state index contributed by atoms with van der Waals surface area (Å²) in [6.07, 6.45) is 7.20. The highest BCUT2D eigenvalue weighted by atomic mass is 16.2. The number of aromatic nitrogens is 2. The van der Waals surface area contributed by atoms with Crippen LogP contribution < -0.4 is 21.3 Å². The molecule has 4 N–H and O–H groups in total. The van der Waals surface area contributed by atoms with E-state index in [-0.39, 0.29) is 34.9 Å². The minimum Gasteiger partial charge on any atom is -0.350 e. The number of nitriles is 1. The van der Waals surface area contributed by atoms with E-state index in [0.717, 1.165) is 12.8 Å². The lowest BCUT2D eigenvalue weighted by atomic mass is 9.84. The molecule has 2 aliphatic rings. The third-order valence-electron chi connectivity index (χ3n) is 6.89. The highest BCUT2D eigenvalue weighted by Gasteiger charge is 2.52. The van der Waals surface area contributed by atoms with Crippen LogP contribution in [0, 0.1) is 28.1 Å². The van der Waals surface area contributed by atoms with Gasteiger partial charge in [-0.2, -0.15) is 5.26 Å². The molecule has 0 bridgehead atoms. The Morgan fingerprint density at radius 2 is 1.79 bits per heavy atom. The Labute approximate surface area is 223 Å². The molecule has 206 valence electrons. The van der Waals surface area contributed by atoms with Gasteiger partial charge in [0.15, 0.2) is 0 Å². The summed E-state index contributed by atoms with van der Waals surface area (Å²) < 4.78 is 0. The maximum atomic E-state index is 13.5. The van der Waals surface area contributed by atoms with Crippen molar-refractivity contribution in [2.75, 3.05) is 0 Å². The third-order valence-corrected chi connectivity index (χ3v) is 6.89. The zero-order valence-electron chi connectivity index (χ0n) is 23.1. The predicted molar refractivity (Wildman–Crippen MR) is 139 cm³/mol. The molecule has 3 rings (SSSR count). The maximum Gasteiger partial charge on any atom is 0.272 e. The molecule has 11 nitrogen and oxygen atoms in total. The molecule has 2 fully saturated rings. The highest BCUT2D eigenvalue weighted by Crippen LogP contribution is 2.46. The summed E-state index contributed by atoms with van der Waals surface area (Å²) in [6.45, 7) is 11.2. The highest BCUT2D eigenvalue weighted by molar-refractivity contribution is 5.97. The Morgan fingerprint density at radius 1 is 1.11 bits per heavy atom. The van der Waals surface area contributed by atoms with Gasteiger partial charge in [0.05, 0.1) is 12.3 Å². The van der Waals surface area contributed by atoms with Crippen molar-refractivity contribution < 1.29 is 19.2 Å². The van der Waals surface area contributed by atoms with Crippen LogP contribution in [0.5, 0.6) is 0 Å².